The number of carbonyl (C=O) groups is 2. The second-order valence-electron chi connectivity index (χ2n) is 11.7. The number of quaternary nitrogens is 1. The average molecular weight is 524 g/mol. The molecule has 2 aromatic carbocycles. The van der Waals surface area contributed by atoms with E-state index >= 15 is 0 Å². The highest BCUT2D eigenvalue weighted by molar-refractivity contribution is 5.88. The smallest absolute Gasteiger partial charge is 0.342 e. The van der Waals surface area contributed by atoms with Crippen molar-refractivity contribution in [3.8, 4) is 11.1 Å². The summed E-state index contributed by atoms with van der Waals surface area (Å²) in [5, 5.41) is 10.2. The number of imidazole rings is 1. The molecule has 3 aliphatic heterocycles. The maximum atomic E-state index is 14.5. The minimum atomic E-state index is -0.917. The van der Waals surface area contributed by atoms with Crippen LogP contribution in [0.15, 0.2) is 72.0 Å². The zero-order valence-electron chi connectivity index (χ0n) is 23.2. The highest BCUT2D eigenvalue weighted by Gasteiger charge is 2.69. The normalized spacial score (nSPS) is 22.7. The number of allylic oxidation sites excluding steroid dienone is 3. The molecule has 3 atom stereocenters. The van der Waals surface area contributed by atoms with E-state index in [0.29, 0.717) is 18.9 Å². The van der Waals surface area contributed by atoms with Crippen LogP contribution < -0.4 is 0 Å². The number of hydrogen-bond donors (Lipinski definition) is 2. The van der Waals surface area contributed by atoms with Crippen molar-refractivity contribution in [3.63, 3.8) is 0 Å². The number of rotatable bonds is 7. The Bertz CT molecular complexity index is 1610. The van der Waals surface area contributed by atoms with Gasteiger partial charge in [-0.25, -0.2) is 14.3 Å². The van der Waals surface area contributed by atoms with E-state index in [0.717, 1.165) is 55.8 Å². The number of carboxylic acids is 1. The second kappa shape index (κ2) is 9.06. The van der Waals surface area contributed by atoms with Gasteiger partial charge in [-0.2, -0.15) is 0 Å². The van der Waals surface area contributed by atoms with E-state index in [9.17, 15) is 14.7 Å². The quantitative estimate of drug-likeness (QED) is 0.287. The summed E-state index contributed by atoms with van der Waals surface area (Å²) in [4.78, 5) is 36.9. The number of benzene rings is 2. The first-order chi connectivity index (χ1) is 18.6. The molecule has 0 radical (unpaired) electrons. The van der Waals surface area contributed by atoms with Gasteiger partial charge in [-0.3, -0.25) is 4.79 Å². The van der Waals surface area contributed by atoms with Crippen molar-refractivity contribution in [2.75, 3.05) is 6.54 Å². The number of nitrogens with zero attached hydrogens (tertiary/aromatic N) is 3. The third-order valence-electron chi connectivity index (χ3n) is 8.51. The van der Waals surface area contributed by atoms with Gasteiger partial charge < -0.3 is 15.0 Å². The summed E-state index contributed by atoms with van der Waals surface area (Å²) < 4.78 is 0.0669. The Kier molecular flexibility index (Phi) is 5.88. The van der Waals surface area contributed by atoms with E-state index in [2.05, 4.69) is 79.8 Å². The molecule has 1 unspecified atom stereocenters. The van der Waals surface area contributed by atoms with Gasteiger partial charge in [0.2, 0.25) is 0 Å². The fourth-order valence-electron chi connectivity index (χ4n) is 6.74. The van der Waals surface area contributed by atoms with Crippen LogP contribution in [0.5, 0.6) is 0 Å². The zero-order valence-corrected chi connectivity index (χ0v) is 23.2. The van der Waals surface area contributed by atoms with Crippen LogP contribution >= 0.6 is 0 Å². The van der Waals surface area contributed by atoms with Gasteiger partial charge in [0.05, 0.1) is 17.4 Å². The summed E-state index contributed by atoms with van der Waals surface area (Å²) >= 11 is 0. The number of hydrogen-bond acceptors (Lipinski definition) is 4. The van der Waals surface area contributed by atoms with Crippen LogP contribution in [0.1, 0.15) is 56.3 Å². The first-order valence-electron chi connectivity index (χ1n) is 13.7. The number of H-pyrrole nitrogens is 1. The number of carboxylic acid groups (broad SMARTS) is 1. The number of aromatic amines is 1. The van der Waals surface area contributed by atoms with Crippen molar-refractivity contribution >= 4 is 22.9 Å². The first kappa shape index (κ1) is 25.3. The summed E-state index contributed by atoms with van der Waals surface area (Å²) in [7, 11) is 0. The second-order valence-corrected chi connectivity index (χ2v) is 11.7. The van der Waals surface area contributed by atoms with Gasteiger partial charge >= 0.3 is 11.9 Å². The molecule has 0 spiro atoms. The van der Waals surface area contributed by atoms with Gasteiger partial charge in [0.15, 0.2) is 12.2 Å². The van der Waals surface area contributed by atoms with Crippen LogP contribution in [-0.2, 0) is 9.59 Å². The fraction of sp³-hybridized carbons (Fsp3) is 0.344. The fourth-order valence-corrected chi connectivity index (χ4v) is 6.74. The number of amides is 1. The van der Waals surface area contributed by atoms with Crippen LogP contribution in [0.2, 0.25) is 0 Å². The van der Waals surface area contributed by atoms with Crippen LogP contribution in [0.3, 0.4) is 0 Å². The predicted octanol–water partition coefficient (Wildman–Crippen LogP) is 6.14. The third kappa shape index (κ3) is 3.95. The van der Waals surface area contributed by atoms with Crippen LogP contribution in [-0.4, -0.2) is 48.9 Å². The number of fused-ring (bicyclic) bond motifs is 3. The van der Waals surface area contributed by atoms with Crippen molar-refractivity contribution in [2.24, 2.45) is 5.92 Å². The van der Waals surface area contributed by atoms with Gasteiger partial charge in [-0.1, -0.05) is 32.0 Å². The Labute approximate surface area is 228 Å². The summed E-state index contributed by atoms with van der Waals surface area (Å²) in [6.07, 6.45) is 8.42. The minimum absolute atomic E-state index is 0.0669. The number of nitrogens with one attached hydrogen (secondary N) is 1. The highest BCUT2D eigenvalue weighted by atomic mass is 16.4. The lowest BCUT2D eigenvalue weighted by atomic mass is 9.90. The summed E-state index contributed by atoms with van der Waals surface area (Å²) in [5.74, 6) is -0.525. The lowest BCUT2D eigenvalue weighted by Crippen LogP contribution is -2.53. The van der Waals surface area contributed by atoms with Gasteiger partial charge in [-0.15, -0.1) is 0 Å². The molecule has 1 saturated heterocycles. The molecule has 39 heavy (non-hydrogen) atoms. The molecule has 1 aromatic heterocycles. The largest absolute Gasteiger partial charge is 0.481 e. The van der Waals surface area contributed by atoms with E-state index in [4.69, 9.17) is 0 Å². The highest BCUT2D eigenvalue weighted by Crippen LogP contribution is 2.56. The minimum Gasteiger partial charge on any atom is -0.481 e. The molecule has 0 bridgehead atoms. The molecule has 7 heteroatoms. The Hall–Kier alpha value is -3.97. The van der Waals surface area contributed by atoms with Gasteiger partial charge in [0.1, 0.15) is 24.2 Å². The SMILES string of the molecule is CC1=CC2=C3C[N+]3([C@@H](CC(=O)O)c3cc(-c4c(C)cccc4C)cc4nc[nH]c34)C(=O)[C@H](CC(C)C)N2C=C1. The van der Waals surface area contributed by atoms with Crippen molar-refractivity contribution in [3.05, 3.63) is 88.7 Å². The van der Waals surface area contributed by atoms with E-state index in [1.165, 1.54) is 0 Å². The lowest BCUT2D eigenvalue weighted by molar-refractivity contribution is -0.739. The van der Waals surface area contributed by atoms with E-state index in [-0.39, 0.29) is 22.9 Å². The molecular formula is C32H35N4O3+. The lowest BCUT2D eigenvalue weighted by Gasteiger charge is -2.39. The van der Waals surface area contributed by atoms with Crippen molar-refractivity contribution in [1.29, 1.82) is 0 Å². The topological polar surface area (TPSA) is 86.3 Å². The molecule has 0 saturated carbocycles. The standard InChI is InChI=1S/C32H34N4O3/c1-18(2)11-26-32(39)36(16-28(36)25-12-19(3)9-10-35(25)26)27(15-29(37)38)23-13-22(14-24-31(23)34-17-33-24)30-20(4)7-6-8-21(30)5/h6-10,12-14,17-18,26-27H,11,15-16H2,1-5H3,(H-,33,34,37,38)/p+1/t26-,27-,36?/m0/s1. The third-order valence-corrected chi connectivity index (χ3v) is 8.51. The molecule has 3 aliphatic rings. The van der Waals surface area contributed by atoms with Gasteiger partial charge in [0, 0.05) is 11.8 Å². The molecule has 7 nitrogen and oxygen atoms in total. The van der Waals surface area contributed by atoms with Crippen molar-refractivity contribution in [1.82, 2.24) is 14.9 Å². The maximum Gasteiger partial charge on any atom is 0.342 e. The van der Waals surface area contributed by atoms with Gasteiger partial charge in [-0.05, 0) is 85.2 Å². The average Bonchev–Trinajstić information content (AvgIpc) is 3.46. The molecule has 6 rings (SSSR count). The number of aryl methyl sites for hydroxylation is 2. The number of aliphatic carboxylic acids is 1. The van der Waals surface area contributed by atoms with Crippen LogP contribution in [0.4, 0.5) is 0 Å². The van der Waals surface area contributed by atoms with Gasteiger partial charge in [0.25, 0.3) is 0 Å². The Morgan fingerprint density at radius 3 is 2.64 bits per heavy atom. The zero-order chi connectivity index (χ0) is 27.6. The van der Waals surface area contributed by atoms with Crippen molar-refractivity contribution in [2.45, 2.75) is 59.5 Å². The molecular weight excluding hydrogens is 488 g/mol. The molecule has 3 aromatic rings. The number of aromatic nitrogens is 2. The Morgan fingerprint density at radius 1 is 1.21 bits per heavy atom. The van der Waals surface area contributed by atoms with Crippen LogP contribution in [0, 0.1) is 19.8 Å². The predicted molar refractivity (Wildman–Crippen MR) is 151 cm³/mol. The molecule has 1 amide bonds. The molecule has 200 valence electrons. The van der Waals surface area contributed by atoms with E-state index in [1.807, 2.05) is 18.3 Å². The summed E-state index contributed by atoms with van der Waals surface area (Å²) in [5.41, 5.74) is 9.96. The van der Waals surface area contributed by atoms with E-state index in [1.54, 1.807) is 6.33 Å². The molecule has 1 fully saturated rings. The van der Waals surface area contributed by atoms with Crippen LogP contribution in [0.25, 0.3) is 22.2 Å². The van der Waals surface area contributed by atoms with Crippen molar-refractivity contribution < 1.29 is 19.2 Å². The molecule has 0 aliphatic carbocycles. The first-order valence-corrected chi connectivity index (χ1v) is 13.7. The monoisotopic (exact) mass is 523 g/mol. The van der Waals surface area contributed by atoms with E-state index < -0.39 is 12.0 Å². The molecule has 4 heterocycles. The molecule has 2 N–H and O–H groups in total. The maximum absolute atomic E-state index is 14.5. The Balaban J connectivity index is 1.59. The summed E-state index contributed by atoms with van der Waals surface area (Å²) in [6.45, 7) is 11.0. The summed E-state index contributed by atoms with van der Waals surface area (Å²) in [6, 6.07) is 9.46. The number of carbonyl (C=O) groups excluding carboxylic acids is 1. The Morgan fingerprint density at radius 2 is 1.95 bits per heavy atom.